The van der Waals surface area contributed by atoms with Crippen LogP contribution in [-0.4, -0.2) is 21.5 Å². The van der Waals surface area contributed by atoms with Crippen LogP contribution in [0.15, 0.2) is 23.0 Å². The zero-order valence-corrected chi connectivity index (χ0v) is 11.1. The Balaban J connectivity index is 2.05. The fourth-order valence-corrected chi connectivity index (χ4v) is 3.01. The molecule has 1 aliphatic rings. The molecule has 106 valence electrons. The van der Waals surface area contributed by atoms with E-state index in [1.807, 2.05) is 0 Å². The Morgan fingerprint density at radius 2 is 1.95 bits per heavy atom. The van der Waals surface area contributed by atoms with Crippen molar-refractivity contribution in [3.8, 4) is 0 Å². The van der Waals surface area contributed by atoms with Gasteiger partial charge in [0.05, 0.1) is 11.0 Å². The Bertz CT molecular complexity index is 708. The molecule has 5 N–H and O–H groups in total. The van der Waals surface area contributed by atoms with Crippen LogP contribution in [0.1, 0.15) is 42.1 Å². The average Bonchev–Trinajstić information content (AvgIpc) is 2.74. The Morgan fingerprint density at radius 3 is 2.60 bits per heavy atom. The van der Waals surface area contributed by atoms with Crippen molar-refractivity contribution >= 4 is 16.9 Å². The van der Waals surface area contributed by atoms with Crippen molar-refractivity contribution in [2.24, 2.45) is 11.5 Å². The third-order valence-corrected chi connectivity index (χ3v) is 4.11. The molecule has 6 nitrogen and oxygen atoms in total. The molecule has 0 unspecified atom stereocenters. The monoisotopic (exact) mass is 274 g/mol. The first-order valence-electron chi connectivity index (χ1n) is 6.86. The molecule has 1 aliphatic carbocycles. The van der Waals surface area contributed by atoms with E-state index in [2.05, 4.69) is 4.98 Å². The van der Waals surface area contributed by atoms with Crippen LogP contribution in [0.2, 0.25) is 0 Å². The van der Waals surface area contributed by atoms with Gasteiger partial charge in [-0.2, -0.15) is 0 Å². The van der Waals surface area contributed by atoms with Crippen LogP contribution in [0.25, 0.3) is 11.0 Å². The second kappa shape index (κ2) is 4.79. The van der Waals surface area contributed by atoms with Crippen LogP contribution in [0.3, 0.4) is 0 Å². The van der Waals surface area contributed by atoms with E-state index in [-0.39, 0.29) is 17.8 Å². The number of rotatable bonds is 2. The zero-order valence-electron chi connectivity index (χ0n) is 11.1. The summed E-state index contributed by atoms with van der Waals surface area (Å²) in [5, 5.41) is 0. The molecular weight excluding hydrogens is 256 g/mol. The fourth-order valence-electron chi connectivity index (χ4n) is 3.01. The average molecular weight is 274 g/mol. The van der Waals surface area contributed by atoms with Gasteiger partial charge in [0.2, 0.25) is 5.91 Å². The van der Waals surface area contributed by atoms with Gasteiger partial charge >= 0.3 is 5.69 Å². The van der Waals surface area contributed by atoms with Crippen LogP contribution in [0.5, 0.6) is 0 Å². The van der Waals surface area contributed by atoms with Crippen molar-refractivity contribution in [2.75, 3.05) is 0 Å². The van der Waals surface area contributed by atoms with Crippen LogP contribution in [0, 0.1) is 0 Å². The highest BCUT2D eigenvalue weighted by atomic mass is 16.1. The van der Waals surface area contributed by atoms with Crippen LogP contribution < -0.4 is 17.2 Å². The maximum absolute atomic E-state index is 12.2. The second-order valence-corrected chi connectivity index (χ2v) is 5.46. The first-order chi connectivity index (χ1) is 9.56. The van der Waals surface area contributed by atoms with Crippen molar-refractivity contribution < 1.29 is 4.79 Å². The normalized spacial score (nSPS) is 23.1. The van der Waals surface area contributed by atoms with Gasteiger partial charge in [-0.25, -0.2) is 4.79 Å². The molecule has 0 aliphatic heterocycles. The SMILES string of the molecule is NC(=O)c1ccc2c(c1)[nH]c(=O)n2C1CCC(N)CC1. The first kappa shape index (κ1) is 12.9. The van der Waals surface area contributed by atoms with Crippen LogP contribution in [0.4, 0.5) is 0 Å². The van der Waals surface area contributed by atoms with Gasteiger partial charge < -0.3 is 16.5 Å². The lowest BCUT2D eigenvalue weighted by molar-refractivity contribution is 0.100. The van der Waals surface area contributed by atoms with Gasteiger partial charge in [0.1, 0.15) is 0 Å². The highest BCUT2D eigenvalue weighted by Crippen LogP contribution is 2.29. The summed E-state index contributed by atoms with van der Waals surface area (Å²) in [5.41, 5.74) is 12.9. The molecule has 3 rings (SSSR count). The Morgan fingerprint density at radius 1 is 1.25 bits per heavy atom. The summed E-state index contributed by atoms with van der Waals surface area (Å²) in [6.45, 7) is 0. The first-order valence-corrected chi connectivity index (χ1v) is 6.86. The molecule has 0 saturated heterocycles. The molecule has 1 amide bonds. The Labute approximate surface area is 115 Å². The van der Waals surface area contributed by atoms with E-state index in [9.17, 15) is 9.59 Å². The summed E-state index contributed by atoms with van der Waals surface area (Å²) in [5.74, 6) is -0.496. The van der Waals surface area contributed by atoms with Crippen molar-refractivity contribution in [1.29, 1.82) is 0 Å². The number of fused-ring (bicyclic) bond motifs is 1. The zero-order chi connectivity index (χ0) is 14.3. The molecule has 0 bridgehead atoms. The lowest BCUT2D eigenvalue weighted by Crippen LogP contribution is -2.31. The number of hydrogen-bond acceptors (Lipinski definition) is 3. The quantitative estimate of drug-likeness (QED) is 0.756. The minimum atomic E-state index is -0.496. The number of primary amides is 1. The summed E-state index contributed by atoms with van der Waals surface area (Å²) >= 11 is 0. The molecule has 1 aromatic carbocycles. The number of benzene rings is 1. The summed E-state index contributed by atoms with van der Waals surface area (Å²) in [4.78, 5) is 26.1. The number of aromatic amines is 1. The van der Waals surface area contributed by atoms with E-state index in [1.165, 1.54) is 0 Å². The van der Waals surface area contributed by atoms with Crippen molar-refractivity contribution in [3.63, 3.8) is 0 Å². The summed E-state index contributed by atoms with van der Waals surface area (Å²) < 4.78 is 1.78. The van der Waals surface area contributed by atoms with E-state index < -0.39 is 5.91 Å². The van der Waals surface area contributed by atoms with E-state index in [0.29, 0.717) is 11.1 Å². The second-order valence-electron chi connectivity index (χ2n) is 5.46. The molecule has 1 fully saturated rings. The lowest BCUT2D eigenvalue weighted by Gasteiger charge is -2.26. The molecule has 1 saturated carbocycles. The summed E-state index contributed by atoms with van der Waals surface area (Å²) in [7, 11) is 0. The molecule has 2 aromatic rings. The van der Waals surface area contributed by atoms with Gasteiger partial charge in [-0.1, -0.05) is 0 Å². The van der Waals surface area contributed by atoms with Gasteiger partial charge in [0.25, 0.3) is 0 Å². The third-order valence-electron chi connectivity index (χ3n) is 4.11. The maximum Gasteiger partial charge on any atom is 0.326 e. The van der Waals surface area contributed by atoms with Gasteiger partial charge in [-0.3, -0.25) is 9.36 Å². The molecule has 1 aromatic heterocycles. The minimum absolute atomic E-state index is 0.137. The number of carbonyl (C=O) groups is 1. The molecule has 0 spiro atoms. The molecule has 6 heteroatoms. The maximum atomic E-state index is 12.2. The minimum Gasteiger partial charge on any atom is -0.366 e. The highest BCUT2D eigenvalue weighted by Gasteiger charge is 2.23. The van der Waals surface area contributed by atoms with E-state index in [4.69, 9.17) is 11.5 Å². The van der Waals surface area contributed by atoms with Crippen molar-refractivity contribution in [1.82, 2.24) is 9.55 Å². The predicted octanol–water partition coefficient (Wildman–Crippen LogP) is 0.871. The smallest absolute Gasteiger partial charge is 0.326 e. The fraction of sp³-hybridized carbons (Fsp3) is 0.429. The number of carbonyl (C=O) groups excluding carboxylic acids is 1. The Kier molecular flexibility index (Phi) is 3.10. The number of nitrogens with one attached hydrogen (secondary N) is 1. The van der Waals surface area contributed by atoms with E-state index in [1.54, 1.807) is 22.8 Å². The number of aromatic nitrogens is 2. The van der Waals surface area contributed by atoms with Crippen LogP contribution in [-0.2, 0) is 0 Å². The highest BCUT2D eigenvalue weighted by molar-refractivity contribution is 5.96. The van der Waals surface area contributed by atoms with Gasteiger partial charge in [-0.15, -0.1) is 0 Å². The van der Waals surface area contributed by atoms with Gasteiger partial charge in [0.15, 0.2) is 0 Å². The standard InChI is InChI=1S/C14H18N4O2/c15-9-2-4-10(5-3-9)18-12-6-1-8(13(16)19)7-11(12)17-14(18)20/h1,6-7,9-10H,2-5,15H2,(H2,16,19)(H,17,20). The third kappa shape index (κ3) is 2.12. The lowest BCUT2D eigenvalue weighted by atomic mass is 9.91. The van der Waals surface area contributed by atoms with Gasteiger partial charge in [-0.05, 0) is 43.9 Å². The van der Waals surface area contributed by atoms with Crippen molar-refractivity contribution in [3.05, 3.63) is 34.2 Å². The number of H-pyrrole nitrogens is 1. The van der Waals surface area contributed by atoms with E-state index in [0.717, 1.165) is 31.2 Å². The number of imidazole rings is 1. The number of nitrogens with two attached hydrogens (primary N) is 2. The van der Waals surface area contributed by atoms with Crippen LogP contribution >= 0.6 is 0 Å². The molecule has 20 heavy (non-hydrogen) atoms. The van der Waals surface area contributed by atoms with E-state index >= 15 is 0 Å². The predicted molar refractivity (Wildman–Crippen MR) is 76.6 cm³/mol. The van der Waals surface area contributed by atoms with Gasteiger partial charge in [0, 0.05) is 17.6 Å². The largest absolute Gasteiger partial charge is 0.366 e. The molecular formula is C14H18N4O2. The summed E-state index contributed by atoms with van der Waals surface area (Å²) in [6.07, 6.45) is 3.68. The molecule has 1 heterocycles. The Hall–Kier alpha value is -2.08. The molecule has 0 atom stereocenters. The number of amides is 1. The molecule has 0 radical (unpaired) electrons. The number of hydrogen-bond donors (Lipinski definition) is 3. The number of nitrogens with zero attached hydrogens (tertiary/aromatic N) is 1. The topological polar surface area (TPSA) is 107 Å². The van der Waals surface area contributed by atoms with Crippen molar-refractivity contribution in [2.45, 2.75) is 37.8 Å². The summed E-state index contributed by atoms with van der Waals surface area (Å²) in [6, 6.07) is 5.48.